The van der Waals surface area contributed by atoms with E-state index in [1.807, 2.05) is 30.3 Å². The minimum Gasteiger partial charge on any atom is -0.441 e. The SMILES string of the molecule is O=C(COc1nnc(-c2ccccc2)o1)C1CCOCC1. The Morgan fingerprint density at radius 3 is 2.71 bits per heavy atom. The van der Waals surface area contributed by atoms with Gasteiger partial charge in [-0.25, -0.2) is 0 Å². The van der Waals surface area contributed by atoms with Gasteiger partial charge in [0.05, 0.1) is 0 Å². The van der Waals surface area contributed by atoms with Gasteiger partial charge < -0.3 is 13.9 Å². The van der Waals surface area contributed by atoms with E-state index in [-0.39, 0.29) is 24.4 Å². The van der Waals surface area contributed by atoms with Gasteiger partial charge in [0.15, 0.2) is 12.4 Å². The van der Waals surface area contributed by atoms with Gasteiger partial charge in [0, 0.05) is 24.7 Å². The lowest BCUT2D eigenvalue weighted by Gasteiger charge is -2.20. The van der Waals surface area contributed by atoms with Crippen LogP contribution in [-0.2, 0) is 9.53 Å². The summed E-state index contributed by atoms with van der Waals surface area (Å²) in [7, 11) is 0. The monoisotopic (exact) mass is 288 g/mol. The maximum atomic E-state index is 12.0. The highest BCUT2D eigenvalue weighted by Crippen LogP contribution is 2.21. The summed E-state index contributed by atoms with van der Waals surface area (Å²) >= 11 is 0. The van der Waals surface area contributed by atoms with Gasteiger partial charge in [-0.1, -0.05) is 23.3 Å². The van der Waals surface area contributed by atoms with Crippen LogP contribution in [0.25, 0.3) is 11.5 Å². The van der Waals surface area contributed by atoms with Gasteiger partial charge in [0.2, 0.25) is 0 Å². The Bertz CT molecular complexity index is 591. The summed E-state index contributed by atoms with van der Waals surface area (Å²) < 4.78 is 15.9. The lowest BCUT2D eigenvalue weighted by Crippen LogP contribution is -2.27. The van der Waals surface area contributed by atoms with Crippen molar-refractivity contribution in [2.45, 2.75) is 12.8 Å². The first kappa shape index (κ1) is 13.8. The van der Waals surface area contributed by atoms with Crippen LogP contribution in [0.1, 0.15) is 12.8 Å². The van der Waals surface area contributed by atoms with E-state index in [2.05, 4.69) is 10.2 Å². The first-order chi connectivity index (χ1) is 10.3. The van der Waals surface area contributed by atoms with Crippen LogP contribution < -0.4 is 4.74 Å². The molecule has 0 unspecified atom stereocenters. The maximum Gasteiger partial charge on any atom is 0.415 e. The predicted molar refractivity (Wildman–Crippen MR) is 73.8 cm³/mol. The largest absolute Gasteiger partial charge is 0.441 e. The molecule has 21 heavy (non-hydrogen) atoms. The van der Waals surface area contributed by atoms with E-state index in [0.29, 0.717) is 19.1 Å². The molecule has 2 aromatic rings. The van der Waals surface area contributed by atoms with Crippen LogP contribution in [0.2, 0.25) is 0 Å². The number of hydrogen-bond acceptors (Lipinski definition) is 6. The second-order valence-electron chi connectivity index (χ2n) is 4.88. The lowest BCUT2D eigenvalue weighted by atomic mass is 9.96. The molecule has 1 fully saturated rings. The van der Waals surface area contributed by atoms with Gasteiger partial charge >= 0.3 is 6.08 Å². The molecule has 1 aliphatic rings. The number of nitrogens with zero attached hydrogens (tertiary/aromatic N) is 2. The van der Waals surface area contributed by atoms with Gasteiger partial charge in [-0.2, -0.15) is 0 Å². The molecule has 0 saturated carbocycles. The third kappa shape index (κ3) is 3.46. The van der Waals surface area contributed by atoms with Crippen LogP contribution >= 0.6 is 0 Å². The Kier molecular flexibility index (Phi) is 4.25. The molecule has 0 bridgehead atoms. The molecule has 3 rings (SSSR count). The topological polar surface area (TPSA) is 74.5 Å². The Hall–Kier alpha value is -2.21. The Morgan fingerprint density at radius 1 is 1.19 bits per heavy atom. The number of ketones is 1. The Morgan fingerprint density at radius 2 is 1.95 bits per heavy atom. The quantitative estimate of drug-likeness (QED) is 0.839. The van der Waals surface area contributed by atoms with Crippen LogP contribution in [-0.4, -0.2) is 35.8 Å². The van der Waals surface area contributed by atoms with E-state index in [0.717, 1.165) is 18.4 Å². The Balaban J connectivity index is 1.56. The van der Waals surface area contributed by atoms with Crippen LogP contribution in [0.15, 0.2) is 34.7 Å². The van der Waals surface area contributed by atoms with Crippen LogP contribution in [0.4, 0.5) is 0 Å². The van der Waals surface area contributed by atoms with Gasteiger partial charge in [-0.3, -0.25) is 4.79 Å². The summed E-state index contributed by atoms with van der Waals surface area (Å²) in [5, 5.41) is 7.70. The van der Waals surface area contributed by atoms with Gasteiger partial charge in [-0.05, 0) is 25.0 Å². The fourth-order valence-corrected chi connectivity index (χ4v) is 2.24. The number of Topliss-reactive ketones (excluding diaryl/α,β-unsaturated/α-hetero) is 1. The van der Waals surface area contributed by atoms with Crippen molar-refractivity contribution < 1.29 is 18.7 Å². The number of benzene rings is 1. The normalized spacial score (nSPS) is 15.8. The second-order valence-corrected chi connectivity index (χ2v) is 4.88. The van der Waals surface area contributed by atoms with E-state index in [1.165, 1.54) is 0 Å². The molecular weight excluding hydrogens is 272 g/mol. The average molecular weight is 288 g/mol. The highest BCUT2D eigenvalue weighted by Gasteiger charge is 2.22. The molecule has 6 heteroatoms. The van der Waals surface area contributed by atoms with Crippen molar-refractivity contribution in [2.75, 3.05) is 19.8 Å². The van der Waals surface area contributed by atoms with Gasteiger partial charge in [0.1, 0.15) is 0 Å². The molecule has 0 N–H and O–H groups in total. The third-order valence-electron chi connectivity index (χ3n) is 3.44. The van der Waals surface area contributed by atoms with Crippen molar-refractivity contribution in [3.05, 3.63) is 30.3 Å². The molecule has 110 valence electrons. The van der Waals surface area contributed by atoms with Crippen molar-refractivity contribution in [1.29, 1.82) is 0 Å². The molecular formula is C15H16N2O4. The third-order valence-corrected chi connectivity index (χ3v) is 3.44. The minimum absolute atomic E-state index is 0.00950. The number of rotatable bonds is 5. The first-order valence-corrected chi connectivity index (χ1v) is 6.95. The molecule has 0 aliphatic carbocycles. The molecule has 1 aromatic heterocycles. The first-order valence-electron chi connectivity index (χ1n) is 6.95. The molecule has 2 heterocycles. The summed E-state index contributed by atoms with van der Waals surface area (Å²) in [6, 6.07) is 9.41. The van der Waals surface area contributed by atoms with Crippen molar-refractivity contribution in [3.8, 4) is 17.5 Å². The lowest BCUT2D eigenvalue weighted by molar-refractivity contribution is -0.128. The molecule has 0 atom stereocenters. The van der Waals surface area contributed by atoms with E-state index in [9.17, 15) is 4.79 Å². The summed E-state index contributed by atoms with van der Waals surface area (Å²) in [6.07, 6.45) is 1.53. The summed E-state index contributed by atoms with van der Waals surface area (Å²) in [5.74, 6) is 0.442. The number of carbonyl (C=O) groups is 1. The number of carbonyl (C=O) groups excluding carboxylic acids is 1. The van der Waals surface area contributed by atoms with Crippen LogP contribution in [0.5, 0.6) is 6.08 Å². The Labute approximate surface area is 122 Å². The van der Waals surface area contributed by atoms with E-state index in [1.54, 1.807) is 0 Å². The fraction of sp³-hybridized carbons (Fsp3) is 0.400. The average Bonchev–Trinajstić information content (AvgIpc) is 3.03. The molecule has 6 nitrogen and oxygen atoms in total. The predicted octanol–water partition coefficient (Wildman–Crippen LogP) is 2.11. The van der Waals surface area contributed by atoms with E-state index in [4.69, 9.17) is 13.9 Å². The van der Waals surface area contributed by atoms with Crippen LogP contribution in [0, 0.1) is 5.92 Å². The zero-order valence-corrected chi connectivity index (χ0v) is 11.5. The number of hydrogen-bond donors (Lipinski definition) is 0. The van der Waals surface area contributed by atoms with Crippen molar-refractivity contribution in [2.24, 2.45) is 5.92 Å². The molecule has 1 aromatic carbocycles. The molecule has 0 amide bonds. The molecule has 0 radical (unpaired) electrons. The fourth-order valence-electron chi connectivity index (χ4n) is 2.24. The maximum absolute atomic E-state index is 12.0. The molecule has 0 spiro atoms. The highest BCUT2D eigenvalue weighted by molar-refractivity contribution is 5.82. The van der Waals surface area contributed by atoms with Crippen molar-refractivity contribution in [1.82, 2.24) is 10.2 Å². The van der Waals surface area contributed by atoms with E-state index >= 15 is 0 Å². The molecule has 1 aliphatic heterocycles. The zero-order valence-electron chi connectivity index (χ0n) is 11.5. The number of aromatic nitrogens is 2. The highest BCUT2D eigenvalue weighted by atomic mass is 16.6. The standard InChI is InChI=1S/C15H16N2O4/c18-13(11-6-8-19-9-7-11)10-20-15-17-16-14(21-15)12-4-2-1-3-5-12/h1-5,11H,6-10H2. The second kappa shape index (κ2) is 6.49. The summed E-state index contributed by atoms with van der Waals surface area (Å²) in [5.41, 5.74) is 0.815. The smallest absolute Gasteiger partial charge is 0.415 e. The zero-order chi connectivity index (χ0) is 14.5. The van der Waals surface area contributed by atoms with E-state index < -0.39 is 0 Å². The summed E-state index contributed by atoms with van der Waals surface area (Å²) in [6.45, 7) is 1.23. The van der Waals surface area contributed by atoms with Gasteiger partial charge in [0.25, 0.3) is 5.89 Å². The minimum atomic E-state index is -0.0406. The van der Waals surface area contributed by atoms with Crippen molar-refractivity contribution >= 4 is 5.78 Å². The van der Waals surface area contributed by atoms with Gasteiger partial charge in [-0.15, -0.1) is 5.10 Å². The summed E-state index contributed by atoms with van der Waals surface area (Å²) in [4.78, 5) is 12.0. The molecule has 1 saturated heterocycles. The van der Waals surface area contributed by atoms with Crippen molar-refractivity contribution in [3.63, 3.8) is 0 Å². The van der Waals surface area contributed by atoms with Crippen LogP contribution in [0.3, 0.4) is 0 Å². The number of ether oxygens (including phenoxy) is 2.